The van der Waals surface area contributed by atoms with Crippen LogP contribution in [0.5, 0.6) is 0 Å². The molecule has 0 saturated heterocycles. The largest absolute Gasteiger partial charge is 0.393 e. The van der Waals surface area contributed by atoms with Crippen LogP contribution in [0.25, 0.3) is 0 Å². The molecule has 0 spiro atoms. The Kier molecular flexibility index (Phi) is 4.58. The molecule has 5 aliphatic carbocycles. The molecule has 0 aromatic rings. The second-order valence-electron chi connectivity index (χ2n) is 12.0. The van der Waals surface area contributed by atoms with Crippen LogP contribution < -0.4 is 0 Å². The number of rotatable bonds is 4. The number of aliphatic hydroxyl groups excluding tert-OH is 1. The Morgan fingerprint density at radius 3 is 2.63 bits per heavy atom. The highest BCUT2D eigenvalue weighted by Gasteiger charge is 2.56. The number of hydrogen-bond acceptors (Lipinski definition) is 1. The predicted molar refractivity (Wildman–Crippen MR) is 112 cm³/mol. The first-order chi connectivity index (χ1) is 12.9. The molecule has 0 radical (unpaired) electrons. The fourth-order valence-corrected chi connectivity index (χ4v) is 8.47. The Labute approximate surface area is 167 Å². The maximum absolute atomic E-state index is 10.1. The van der Waals surface area contributed by atoms with Crippen molar-refractivity contribution >= 4 is 0 Å². The summed E-state index contributed by atoms with van der Waals surface area (Å²) < 4.78 is 0. The monoisotopic (exact) mass is 370 g/mol. The van der Waals surface area contributed by atoms with Gasteiger partial charge in [0.15, 0.2) is 0 Å². The van der Waals surface area contributed by atoms with E-state index in [4.69, 9.17) is 0 Å². The number of fused-ring (bicyclic) bond motifs is 5. The first kappa shape index (κ1) is 18.7. The lowest BCUT2D eigenvalue weighted by Crippen LogP contribution is -2.47. The lowest BCUT2D eigenvalue weighted by molar-refractivity contribution is -0.0297. The van der Waals surface area contributed by atoms with Crippen molar-refractivity contribution in [1.29, 1.82) is 0 Å². The van der Waals surface area contributed by atoms with Gasteiger partial charge >= 0.3 is 0 Å². The van der Waals surface area contributed by atoms with E-state index in [9.17, 15) is 5.11 Å². The highest BCUT2D eigenvalue weighted by molar-refractivity contribution is 5.20. The molecule has 152 valence electrons. The minimum atomic E-state index is -0.0528. The highest BCUT2D eigenvalue weighted by Crippen LogP contribution is 2.65. The Balaban J connectivity index is 1.30. The zero-order chi connectivity index (χ0) is 18.8. The molecule has 5 rings (SSSR count). The van der Waals surface area contributed by atoms with Crippen LogP contribution in [-0.4, -0.2) is 11.2 Å². The van der Waals surface area contributed by atoms with Crippen LogP contribution >= 0.6 is 0 Å². The van der Waals surface area contributed by atoms with E-state index >= 15 is 0 Å². The molecule has 0 bridgehead atoms. The van der Waals surface area contributed by atoms with Crippen LogP contribution in [0.2, 0.25) is 0 Å². The molecule has 4 saturated carbocycles. The molecular formula is C26H42O. The summed E-state index contributed by atoms with van der Waals surface area (Å²) in [4.78, 5) is 0. The van der Waals surface area contributed by atoms with Crippen molar-refractivity contribution in [3.05, 3.63) is 11.6 Å². The fraction of sp³-hybridized carbons (Fsp3) is 0.923. The number of hydrogen-bond donors (Lipinski definition) is 1. The van der Waals surface area contributed by atoms with E-state index in [0.29, 0.717) is 5.41 Å². The van der Waals surface area contributed by atoms with Crippen LogP contribution in [-0.2, 0) is 0 Å². The highest BCUT2D eigenvalue weighted by atomic mass is 16.3. The van der Waals surface area contributed by atoms with Gasteiger partial charge in [0, 0.05) is 0 Å². The standard InChI is InChI=1S/C26H42O/c1-17(10-12-25(2)14-15-25)23-8-9-24-22-6-4-18-16-19(27)5-7-20(18)21(22)11-13-26(23,24)3/h4,17,19-24,27H,5-16H2,1-3H3/t17?,19-,20-,21?,22?,23+,24?,26+/m0/s1. The molecule has 1 heteroatoms. The lowest BCUT2D eigenvalue weighted by Gasteiger charge is -2.54. The zero-order valence-corrected chi connectivity index (χ0v) is 18.1. The summed E-state index contributed by atoms with van der Waals surface area (Å²) in [5.74, 6) is 5.59. The van der Waals surface area contributed by atoms with Gasteiger partial charge in [-0.3, -0.25) is 0 Å². The van der Waals surface area contributed by atoms with Crippen molar-refractivity contribution in [3.8, 4) is 0 Å². The molecule has 27 heavy (non-hydrogen) atoms. The third-order valence-corrected chi connectivity index (χ3v) is 10.5. The third-order valence-electron chi connectivity index (χ3n) is 10.5. The van der Waals surface area contributed by atoms with Crippen molar-refractivity contribution in [2.24, 2.45) is 46.3 Å². The van der Waals surface area contributed by atoms with Crippen molar-refractivity contribution < 1.29 is 5.11 Å². The van der Waals surface area contributed by atoms with E-state index < -0.39 is 0 Å². The Hall–Kier alpha value is -0.300. The first-order valence-electron chi connectivity index (χ1n) is 12.3. The van der Waals surface area contributed by atoms with E-state index in [1.165, 1.54) is 64.2 Å². The molecule has 4 fully saturated rings. The number of aliphatic hydroxyl groups is 1. The van der Waals surface area contributed by atoms with Gasteiger partial charge in [-0.1, -0.05) is 32.4 Å². The SMILES string of the molecule is CC(CCC1(C)CC1)[C@H]1CCC2C3CC=C4C[C@@H](O)CC[C@@H]4C3CC[C@@]21C. The Morgan fingerprint density at radius 2 is 1.85 bits per heavy atom. The van der Waals surface area contributed by atoms with Gasteiger partial charge < -0.3 is 5.11 Å². The minimum Gasteiger partial charge on any atom is -0.393 e. The predicted octanol–water partition coefficient (Wildman–Crippen LogP) is 6.75. The van der Waals surface area contributed by atoms with Gasteiger partial charge in [0.2, 0.25) is 0 Å². The summed E-state index contributed by atoms with van der Waals surface area (Å²) in [7, 11) is 0. The molecule has 1 N–H and O–H groups in total. The van der Waals surface area contributed by atoms with Gasteiger partial charge in [-0.25, -0.2) is 0 Å². The average Bonchev–Trinajstić information content (AvgIpc) is 3.27. The van der Waals surface area contributed by atoms with Gasteiger partial charge in [0.25, 0.3) is 0 Å². The van der Waals surface area contributed by atoms with Gasteiger partial charge in [-0.2, -0.15) is 0 Å². The molecule has 0 heterocycles. The van der Waals surface area contributed by atoms with Crippen molar-refractivity contribution in [1.82, 2.24) is 0 Å². The average molecular weight is 371 g/mol. The van der Waals surface area contributed by atoms with E-state index in [1.54, 1.807) is 5.57 Å². The molecule has 1 nitrogen and oxygen atoms in total. The van der Waals surface area contributed by atoms with Crippen molar-refractivity contribution in [2.75, 3.05) is 0 Å². The molecule has 0 aromatic carbocycles. The van der Waals surface area contributed by atoms with Crippen LogP contribution in [0, 0.1) is 46.3 Å². The summed E-state index contributed by atoms with van der Waals surface area (Å²) in [6.07, 6.45) is 19.0. The summed E-state index contributed by atoms with van der Waals surface area (Å²) in [6.45, 7) is 7.80. The van der Waals surface area contributed by atoms with Crippen molar-refractivity contribution in [3.63, 3.8) is 0 Å². The van der Waals surface area contributed by atoms with Gasteiger partial charge in [0.05, 0.1) is 6.10 Å². The Bertz CT molecular complexity index is 601. The van der Waals surface area contributed by atoms with Gasteiger partial charge in [-0.05, 0) is 123 Å². The van der Waals surface area contributed by atoms with E-state index in [1.807, 2.05) is 0 Å². The normalized spacial score (nSPS) is 48.8. The summed E-state index contributed by atoms with van der Waals surface area (Å²) in [5, 5.41) is 10.1. The first-order valence-corrected chi connectivity index (χ1v) is 12.3. The summed E-state index contributed by atoms with van der Waals surface area (Å²) in [5.41, 5.74) is 2.98. The second-order valence-corrected chi connectivity index (χ2v) is 12.0. The van der Waals surface area contributed by atoms with E-state index in [2.05, 4.69) is 26.8 Å². The zero-order valence-electron chi connectivity index (χ0n) is 18.1. The molecule has 0 amide bonds. The van der Waals surface area contributed by atoms with Gasteiger partial charge in [0.1, 0.15) is 0 Å². The quantitative estimate of drug-likeness (QED) is 0.542. The molecule has 0 aliphatic heterocycles. The maximum atomic E-state index is 10.1. The smallest absolute Gasteiger partial charge is 0.0577 e. The molecule has 5 aliphatic rings. The molecular weight excluding hydrogens is 328 g/mol. The van der Waals surface area contributed by atoms with Crippen LogP contribution in [0.4, 0.5) is 0 Å². The molecule has 8 atom stereocenters. The van der Waals surface area contributed by atoms with Crippen molar-refractivity contribution in [2.45, 2.75) is 104 Å². The van der Waals surface area contributed by atoms with Gasteiger partial charge in [-0.15, -0.1) is 0 Å². The Morgan fingerprint density at radius 1 is 1.04 bits per heavy atom. The van der Waals surface area contributed by atoms with Crippen LogP contribution in [0.1, 0.15) is 97.8 Å². The minimum absolute atomic E-state index is 0.0528. The third kappa shape index (κ3) is 3.15. The summed E-state index contributed by atoms with van der Waals surface area (Å²) in [6, 6.07) is 0. The van der Waals surface area contributed by atoms with E-state index in [0.717, 1.165) is 53.8 Å². The number of allylic oxidation sites excluding steroid dienone is 1. The second kappa shape index (κ2) is 6.61. The van der Waals surface area contributed by atoms with Crippen LogP contribution in [0.3, 0.4) is 0 Å². The summed E-state index contributed by atoms with van der Waals surface area (Å²) >= 11 is 0. The lowest BCUT2D eigenvalue weighted by atomic mass is 9.51. The van der Waals surface area contributed by atoms with Crippen LogP contribution in [0.15, 0.2) is 11.6 Å². The molecule has 4 unspecified atom stereocenters. The van der Waals surface area contributed by atoms with E-state index in [-0.39, 0.29) is 6.10 Å². The maximum Gasteiger partial charge on any atom is 0.0577 e. The topological polar surface area (TPSA) is 20.2 Å². The molecule has 0 aromatic heterocycles. The fourth-order valence-electron chi connectivity index (χ4n) is 8.47.